The lowest BCUT2D eigenvalue weighted by atomic mass is 10.1. The highest BCUT2D eigenvalue weighted by atomic mass is 35.5. The van der Waals surface area contributed by atoms with Crippen LogP contribution in [0.25, 0.3) is 0 Å². The van der Waals surface area contributed by atoms with Gasteiger partial charge in [0.1, 0.15) is 0 Å². The monoisotopic (exact) mass is 178 g/mol. The summed E-state index contributed by atoms with van der Waals surface area (Å²) >= 11 is 5.70. The molecular weight excluding hydrogens is 164 g/mol. The summed E-state index contributed by atoms with van der Waals surface area (Å²) < 4.78 is 11.1. The van der Waals surface area contributed by atoms with Crippen LogP contribution in [-0.2, 0) is 9.47 Å². The van der Waals surface area contributed by atoms with Gasteiger partial charge in [-0.25, -0.2) is 0 Å². The average molecular weight is 179 g/mol. The summed E-state index contributed by atoms with van der Waals surface area (Å²) in [5.41, 5.74) is 0. The number of halogens is 1. The second-order valence-corrected chi connectivity index (χ2v) is 3.63. The first-order valence-corrected chi connectivity index (χ1v) is 4.51. The molecule has 0 spiro atoms. The molecule has 1 aliphatic rings. The van der Waals surface area contributed by atoms with E-state index in [2.05, 4.69) is 0 Å². The van der Waals surface area contributed by atoms with E-state index in [9.17, 15) is 0 Å². The first-order valence-electron chi connectivity index (χ1n) is 3.97. The zero-order valence-corrected chi connectivity index (χ0v) is 8.02. The molecule has 0 aromatic rings. The van der Waals surface area contributed by atoms with Crippen molar-refractivity contribution in [3.63, 3.8) is 0 Å². The van der Waals surface area contributed by atoms with Crippen molar-refractivity contribution in [3.8, 4) is 0 Å². The lowest BCUT2D eigenvalue weighted by molar-refractivity contribution is -0.290. The van der Waals surface area contributed by atoms with E-state index in [1.807, 2.05) is 20.8 Å². The van der Waals surface area contributed by atoms with Crippen molar-refractivity contribution in [2.24, 2.45) is 0 Å². The van der Waals surface area contributed by atoms with Gasteiger partial charge in [-0.1, -0.05) is 0 Å². The Labute approximate surface area is 72.8 Å². The quantitative estimate of drug-likeness (QED) is 0.573. The fourth-order valence-electron chi connectivity index (χ4n) is 1.51. The van der Waals surface area contributed by atoms with E-state index >= 15 is 0 Å². The molecule has 0 amide bonds. The van der Waals surface area contributed by atoms with E-state index in [0.29, 0.717) is 5.88 Å². The van der Waals surface area contributed by atoms with Crippen molar-refractivity contribution in [2.45, 2.75) is 45.2 Å². The van der Waals surface area contributed by atoms with Crippen LogP contribution in [0, 0.1) is 0 Å². The van der Waals surface area contributed by atoms with Crippen LogP contribution in [0.3, 0.4) is 0 Å². The Morgan fingerprint density at radius 2 is 1.82 bits per heavy atom. The van der Waals surface area contributed by atoms with Gasteiger partial charge >= 0.3 is 0 Å². The summed E-state index contributed by atoms with van der Waals surface area (Å²) in [6.07, 6.45) is 1.46. The third-order valence-electron chi connectivity index (χ3n) is 1.81. The summed E-state index contributed by atoms with van der Waals surface area (Å²) in [5.74, 6) is -0.180. The highest BCUT2D eigenvalue weighted by molar-refractivity contribution is 6.18. The highest BCUT2D eigenvalue weighted by Crippen LogP contribution is 2.27. The maximum atomic E-state index is 5.70. The minimum absolute atomic E-state index is 0.252. The number of alkyl halides is 1. The third-order valence-corrected chi connectivity index (χ3v) is 2.29. The second-order valence-electron chi connectivity index (χ2n) is 3.36. The number of hydrogen-bond donors (Lipinski definition) is 0. The van der Waals surface area contributed by atoms with E-state index < -0.39 is 5.79 Å². The molecule has 1 fully saturated rings. The van der Waals surface area contributed by atoms with Crippen molar-refractivity contribution in [3.05, 3.63) is 0 Å². The van der Waals surface area contributed by atoms with Gasteiger partial charge in [-0.05, 0) is 27.2 Å². The van der Waals surface area contributed by atoms with Gasteiger partial charge in [-0.2, -0.15) is 0 Å². The second kappa shape index (κ2) is 3.30. The smallest absolute Gasteiger partial charge is 0.179 e. The number of hydrogen-bond acceptors (Lipinski definition) is 2. The minimum atomic E-state index is -0.571. The van der Waals surface area contributed by atoms with Gasteiger partial charge in [0, 0.05) is 0 Å². The van der Waals surface area contributed by atoms with Crippen molar-refractivity contribution in [1.82, 2.24) is 0 Å². The molecular formula is C8H15ClO2. The molecule has 11 heavy (non-hydrogen) atoms. The molecule has 1 heterocycles. The lowest BCUT2D eigenvalue weighted by Crippen LogP contribution is -2.46. The van der Waals surface area contributed by atoms with Gasteiger partial charge in [0.25, 0.3) is 0 Å². The molecule has 0 radical (unpaired) electrons. The Morgan fingerprint density at radius 3 is 2.18 bits per heavy atom. The van der Waals surface area contributed by atoms with Gasteiger partial charge < -0.3 is 9.47 Å². The van der Waals surface area contributed by atoms with Crippen molar-refractivity contribution in [1.29, 1.82) is 0 Å². The van der Waals surface area contributed by atoms with Crippen LogP contribution in [-0.4, -0.2) is 23.9 Å². The first kappa shape index (κ1) is 9.30. The molecule has 1 saturated heterocycles. The van der Waals surface area contributed by atoms with Gasteiger partial charge in [-0.15, -0.1) is 11.6 Å². The van der Waals surface area contributed by atoms with E-state index in [1.165, 1.54) is 0 Å². The van der Waals surface area contributed by atoms with Crippen LogP contribution in [0.4, 0.5) is 0 Å². The summed E-state index contributed by atoms with van der Waals surface area (Å²) in [7, 11) is 0. The van der Waals surface area contributed by atoms with Gasteiger partial charge in [0.05, 0.1) is 18.1 Å². The van der Waals surface area contributed by atoms with Gasteiger partial charge in [0.15, 0.2) is 5.79 Å². The summed E-state index contributed by atoms with van der Waals surface area (Å²) in [6, 6.07) is 0. The molecule has 0 N–H and O–H groups in total. The predicted molar refractivity (Wildman–Crippen MR) is 44.8 cm³/mol. The molecule has 0 aromatic heterocycles. The molecule has 66 valence electrons. The molecule has 1 rings (SSSR count). The molecule has 0 saturated carbocycles. The Morgan fingerprint density at radius 1 is 1.36 bits per heavy atom. The van der Waals surface area contributed by atoms with E-state index in [1.54, 1.807) is 0 Å². The fourth-order valence-corrected chi connectivity index (χ4v) is 1.63. The summed E-state index contributed by atoms with van der Waals surface area (Å²) in [4.78, 5) is 0. The predicted octanol–water partition coefficient (Wildman–Crippen LogP) is 2.16. The summed E-state index contributed by atoms with van der Waals surface area (Å²) in [5, 5.41) is 0. The lowest BCUT2D eigenvalue weighted by Gasteiger charge is -2.39. The van der Waals surface area contributed by atoms with E-state index in [0.717, 1.165) is 6.42 Å². The van der Waals surface area contributed by atoms with Crippen LogP contribution in [0.1, 0.15) is 27.2 Å². The maximum absolute atomic E-state index is 5.70. The highest BCUT2D eigenvalue weighted by Gasteiger charge is 2.34. The van der Waals surface area contributed by atoms with Crippen LogP contribution < -0.4 is 0 Å². The first-order chi connectivity index (χ1) is 5.06. The Hall–Kier alpha value is 0.210. The normalized spacial score (nSPS) is 45.8. The standard InChI is InChI=1S/C8H15ClO2/c1-6-4-7(2)11-8(3,5-9)10-6/h6-7H,4-5H2,1-3H3/t6-,7+,8?. The van der Waals surface area contributed by atoms with Gasteiger partial charge in [-0.3, -0.25) is 0 Å². The summed E-state index contributed by atoms with van der Waals surface area (Å²) in [6.45, 7) is 5.97. The van der Waals surface area contributed by atoms with Crippen LogP contribution in [0.2, 0.25) is 0 Å². The molecule has 2 nitrogen and oxygen atoms in total. The molecule has 3 atom stereocenters. The van der Waals surface area contributed by atoms with Crippen molar-refractivity contribution in [2.75, 3.05) is 5.88 Å². The SMILES string of the molecule is C[C@@H]1C[C@H](C)OC(C)(CCl)O1. The zero-order valence-electron chi connectivity index (χ0n) is 7.26. The zero-order chi connectivity index (χ0) is 8.48. The minimum Gasteiger partial charge on any atom is -0.346 e. The Bertz CT molecular complexity index is 128. The van der Waals surface area contributed by atoms with E-state index in [-0.39, 0.29) is 12.2 Å². The molecule has 3 heteroatoms. The van der Waals surface area contributed by atoms with Crippen LogP contribution in [0.15, 0.2) is 0 Å². The topological polar surface area (TPSA) is 18.5 Å². The maximum Gasteiger partial charge on any atom is 0.179 e. The fraction of sp³-hybridized carbons (Fsp3) is 1.00. The molecule has 0 bridgehead atoms. The third kappa shape index (κ3) is 2.32. The molecule has 1 aliphatic heterocycles. The molecule has 0 aliphatic carbocycles. The number of rotatable bonds is 1. The molecule has 1 unspecified atom stereocenters. The molecule has 0 aromatic carbocycles. The van der Waals surface area contributed by atoms with E-state index in [4.69, 9.17) is 21.1 Å². The van der Waals surface area contributed by atoms with Crippen molar-refractivity contribution < 1.29 is 9.47 Å². The van der Waals surface area contributed by atoms with Crippen molar-refractivity contribution >= 4 is 11.6 Å². The van der Waals surface area contributed by atoms with Crippen LogP contribution >= 0.6 is 11.6 Å². The average Bonchev–Trinajstić information content (AvgIpc) is 1.84. The largest absolute Gasteiger partial charge is 0.346 e. The number of ether oxygens (including phenoxy) is 2. The Balaban J connectivity index is 2.55. The van der Waals surface area contributed by atoms with Gasteiger partial charge in [0.2, 0.25) is 0 Å². The Kier molecular flexibility index (Phi) is 2.79. The van der Waals surface area contributed by atoms with Crippen LogP contribution in [0.5, 0.6) is 0 Å².